The van der Waals surface area contributed by atoms with Crippen LogP contribution >= 0.6 is 22.9 Å². The predicted molar refractivity (Wildman–Crippen MR) is 73.5 cm³/mol. The molecule has 0 saturated carbocycles. The Kier molecular flexibility index (Phi) is 4.39. The zero-order valence-corrected chi connectivity index (χ0v) is 11.6. The number of amides is 1. The average Bonchev–Trinajstić information content (AvgIpc) is 2.81. The van der Waals surface area contributed by atoms with Crippen molar-refractivity contribution in [3.8, 4) is 5.75 Å². The number of ether oxygens (including phenoxy) is 1. The number of benzene rings is 1. The molecule has 0 saturated heterocycles. The zero-order chi connectivity index (χ0) is 13.8. The number of carbonyl (C=O) groups excluding carboxylic acids is 1. The number of rotatable bonds is 4. The highest BCUT2D eigenvalue weighted by Crippen LogP contribution is 2.21. The van der Waals surface area contributed by atoms with E-state index in [4.69, 9.17) is 16.3 Å². The van der Waals surface area contributed by atoms with E-state index in [1.54, 1.807) is 12.1 Å². The Bertz CT molecular complexity index is 600. The van der Waals surface area contributed by atoms with Crippen LogP contribution < -0.4 is 10.1 Å². The maximum absolute atomic E-state index is 13.7. The number of thiophene rings is 1. The molecule has 0 spiro atoms. The van der Waals surface area contributed by atoms with E-state index in [0.29, 0.717) is 16.6 Å². The van der Waals surface area contributed by atoms with Gasteiger partial charge >= 0.3 is 0 Å². The summed E-state index contributed by atoms with van der Waals surface area (Å²) in [6, 6.07) is 7.68. The molecule has 0 aliphatic carbocycles. The van der Waals surface area contributed by atoms with E-state index in [-0.39, 0.29) is 5.56 Å². The maximum atomic E-state index is 13.7. The van der Waals surface area contributed by atoms with Gasteiger partial charge in [0.2, 0.25) is 0 Å². The summed E-state index contributed by atoms with van der Waals surface area (Å²) in [5.74, 6) is -0.704. The molecular formula is C13H11ClFNO2S. The SMILES string of the molecule is COc1ccc(C(=O)NCc2ccc(Cl)s2)c(F)c1. The summed E-state index contributed by atoms with van der Waals surface area (Å²) in [6.07, 6.45) is 0. The van der Waals surface area contributed by atoms with Crippen LogP contribution in [0.1, 0.15) is 15.2 Å². The molecule has 100 valence electrons. The van der Waals surface area contributed by atoms with Crippen LogP contribution in [-0.4, -0.2) is 13.0 Å². The van der Waals surface area contributed by atoms with Crippen LogP contribution in [0.2, 0.25) is 4.34 Å². The van der Waals surface area contributed by atoms with Gasteiger partial charge in [0.05, 0.1) is 23.6 Å². The monoisotopic (exact) mass is 299 g/mol. The van der Waals surface area contributed by atoms with Gasteiger partial charge in [-0.15, -0.1) is 11.3 Å². The van der Waals surface area contributed by atoms with E-state index in [1.807, 2.05) is 6.07 Å². The summed E-state index contributed by atoms with van der Waals surface area (Å²) < 4.78 is 19.2. The molecule has 19 heavy (non-hydrogen) atoms. The van der Waals surface area contributed by atoms with Crippen molar-refractivity contribution < 1.29 is 13.9 Å². The van der Waals surface area contributed by atoms with Crippen molar-refractivity contribution >= 4 is 28.8 Å². The molecule has 0 atom stereocenters. The van der Waals surface area contributed by atoms with E-state index in [9.17, 15) is 9.18 Å². The smallest absolute Gasteiger partial charge is 0.254 e. The van der Waals surface area contributed by atoms with Crippen LogP contribution in [0.4, 0.5) is 4.39 Å². The normalized spacial score (nSPS) is 10.3. The third-order valence-corrected chi connectivity index (χ3v) is 3.70. The van der Waals surface area contributed by atoms with Gasteiger partial charge in [-0.1, -0.05) is 11.6 Å². The molecule has 6 heteroatoms. The standard InChI is InChI=1S/C13H11ClFNO2S/c1-18-8-2-4-10(11(15)6-8)13(17)16-7-9-3-5-12(14)19-9/h2-6H,7H2,1H3,(H,16,17). The van der Waals surface area contributed by atoms with Gasteiger partial charge in [-0.2, -0.15) is 0 Å². The fourth-order valence-corrected chi connectivity index (χ4v) is 2.54. The Morgan fingerprint density at radius 2 is 2.21 bits per heavy atom. The summed E-state index contributed by atoms with van der Waals surface area (Å²) in [6.45, 7) is 0.321. The van der Waals surface area contributed by atoms with Crippen LogP contribution in [-0.2, 0) is 6.54 Å². The lowest BCUT2D eigenvalue weighted by atomic mass is 10.2. The topological polar surface area (TPSA) is 38.3 Å². The fraction of sp³-hybridized carbons (Fsp3) is 0.154. The van der Waals surface area contributed by atoms with E-state index >= 15 is 0 Å². The Labute approximate surface area is 119 Å². The van der Waals surface area contributed by atoms with Crippen molar-refractivity contribution in [3.63, 3.8) is 0 Å². The van der Waals surface area contributed by atoms with Crippen molar-refractivity contribution in [2.45, 2.75) is 6.54 Å². The van der Waals surface area contributed by atoms with E-state index < -0.39 is 11.7 Å². The van der Waals surface area contributed by atoms with Crippen LogP contribution in [0.3, 0.4) is 0 Å². The first kappa shape index (κ1) is 13.8. The number of methoxy groups -OCH3 is 1. The lowest BCUT2D eigenvalue weighted by Gasteiger charge is -2.06. The van der Waals surface area contributed by atoms with E-state index in [2.05, 4.69) is 5.32 Å². The van der Waals surface area contributed by atoms with Gasteiger partial charge in [-0.3, -0.25) is 4.79 Å². The van der Waals surface area contributed by atoms with Crippen molar-refractivity contribution in [1.82, 2.24) is 5.32 Å². The van der Waals surface area contributed by atoms with Gasteiger partial charge in [0, 0.05) is 10.9 Å². The number of carbonyl (C=O) groups is 1. The molecule has 0 fully saturated rings. The number of nitrogens with one attached hydrogen (secondary N) is 1. The molecule has 2 aromatic rings. The largest absolute Gasteiger partial charge is 0.497 e. The molecule has 2 rings (SSSR count). The highest BCUT2D eigenvalue weighted by atomic mass is 35.5. The molecule has 0 aliphatic rings. The third kappa shape index (κ3) is 3.45. The lowest BCUT2D eigenvalue weighted by molar-refractivity contribution is 0.0947. The first-order valence-electron chi connectivity index (χ1n) is 5.46. The first-order valence-corrected chi connectivity index (χ1v) is 6.65. The van der Waals surface area contributed by atoms with Gasteiger partial charge in [0.1, 0.15) is 11.6 Å². The molecule has 0 aliphatic heterocycles. The van der Waals surface area contributed by atoms with Crippen molar-refractivity contribution in [2.75, 3.05) is 7.11 Å². The second-order valence-corrected chi connectivity index (χ2v) is 5.53. The molecular weight excluding hydrogens is 289 g/mol. The summed E-state index contributed by atoms with van der Waals surface area (Å²) in [5, 5.41) is 2.64. The number of hydrogen-bond acceptors (Lipinski definition) is 3. The summed E-state index contributed by atoms with van der Waals surface area (Å²) in [5.41, 5.74) is -0.0107. The number of halogens is 2. The van der Waals surface area contributed by atoms with Crippen molar-refractivity contribution in [1.29, 1.82) is 0 Å². The molecule has 3 nitrogen and oxygen atoms in total. The second kappa shape index (κ2) is 6.04. The molecule has 1 aromatic carbocycles. The highest BCUT2D eigenvalue weighted by Gasteiger charge is 2.12. The Morgan fingerprint density at radius 1 is 1.42 bits per heavy atom. The summed E-state index contributed by atoms with van der Waals surface area (Å²) in [7, 11) is 1.44. The van der Waals surface area contributed by atoms with Crippen LogP contribution in [0.25, 0.3) is 0 Å². The summed E-state index contributed by atoms with van der Waals surface area (Å²) >= 11 is 7.16. The van der Waals surface area contributed by atoms with Gasteiger partial charge in [-0.05, 0) is 24.3 Å². The molecule has 1 heterocycles. The van der Waals surface area contributed by atoms with Crippen LogP contribution in [0.5, 0.6) is 5.75 Å². The maximum Gasteiger partial charge on any atom is 0.254 e. The van der Waals surface area contributed by atoms with E-state index in [1.165, 1.54) is 30.6 Å². The lowest BCUT2D eigenvalue weighted by Crippen LogP contribution is -2.23. The second-order valence-electron chi connectivity index (χ2n) is 3.73. The zero-order valence-electron chi connectivity index (χ0n) is 10.1. The minimum Gasteiger partial charge on any atom is -0.497 e. The van der Waals surface area contributed by atoms with Gasteiger partial charge in [-0.25, -0.2) is 4.39 Å². The third-order valence-electron chi connectivity index (χ3n) is 2.47. The van der Waals surface area contributed by atoms with Gasteiger partial charge in [0.25, 0.3) is 5.91 Å². The Hall–Kier alpha value is -1.59. The summed E-state index contributed by atoms with van der Waals surface area (Å²) in [4.78, 5) is 12.7. The minimum atomic E-state index is -0.610. The molecule has 0 unspecified atom stereocenters. The van der Waals surface area contributed by atoms with E-state index in [0.717, 1.165) is 4.88 Å². The molecule has 0 bridgehead atoms. The van der Waals surface area contributed by atoms with Crippen LogP contribution in [0, 0.1) is 5.82 Å². The van der Waals surface area contributed by atoms with Crippen molar-refractivity contribution in [3.05, 3.63) is 50.9 Å². The average molecular weight is 300 g/mol. The first-order chi connectivity index (χ1) is 9.10. The number of hydrogen-bond donors (Lipinski definition) is 1. The van der Waals surface area contributed by atoms with Crippen molar-refractivity contribution in [2.24, 2.45) is 0 Å². The molecule has 1 amide bonds. The van der Waals surface area contributed by atoms with Gasteiger partial charge < -0.3 is 10.1 Å². The fourth-order valence-electron chi connectivity index (χ4n) is 1.52. The minimum absolute atomic E-state index is 0.0107. The Balaban J connectivity index is 2.03. The predicted octanol–water partition coefficient (Wildman–Crippen LogP) is 3.48. The molecule has 0 radical (unpaired) electrons. The highest BCUT2D eigenvalue weighted by molar-refractivity contribution is 7.16. The Morgan fingerprint density at radius 3 is 2.79 bits per heavy atom. The van der Waals surface area contributed by atoms with Crippen LogP contribution in [0.15, 0.2) is 30.3 Å². The van der Waals surface area contributed by atoms with Gasteiger partial charge in [0.15, 0.2) is 0 Å². The quantitative estimate of drug-likeness (QED) is 0.938. The molecule has 1 N–H and O–H groups in total. The molecule has 1 aromatic heterocycles.